The number of ether oxygens (including phenoxy) is 1. The van der Waals surface area contributed by atoms with Gasteiger partial charge in [-0.2, -0.15) is 0 Å². The first-order valence-electron chi connectivity index (χ1n) is 6.25. The van der Waals surface area contributed by atoms with Gasteiger partial charge in [-0.05, 0) is 37.7 Å². The minimum absolute atomic E-state index is 0.281. The van der Waals surface area contributed by atoms with Crippen LogP contribution in [0.25, 0.3) is 0 Å². The summed E-state index contributed by atoms with van der Waals surface area (Å²) in [6.07, 6.45) is 5.98. The molecule has 2 nitrogen and oxygen atoms in total. The van der Waals surface area contributed by atoms with Crippen LogP contribution in [0.5, 0.6) is 0 Å². The first-order valence-corrected chi connectivity index (χ1v) is 6.25. The molecular weight excluding hydrogens is 198 g/mol. The monoisotopic (exact) mass is 219 g/mol. The van der Waals surface area contributed by atoms with Gasteiger partial charge in [-0.1, -0.05) is 30.3 Å². The molecule has 1 fully saturated rings. The van der Waals surface area contributed by atoms with Crippen LogP contribution in [0, 0.1) is 0 Å². The van der Waals surface area contributed by atoms with Crippen molar-refractivity contribution >= 4 is 0 Å². The SMILES string of the molecule is NC(CCc1ccccc1)CC1CCCO1. The van der Waals surface area contributed by atoms with Gasteiger partial charge in [0.25, 0.3) is 0 Å². The Bertz CT molecular complexity index is 293. The molecule has 1 aromatic rings. The summed E-state index contributed by atoms with van der Waals surface area (Å²) >= 11 is 0. The van der Waals surface area contributed by atoms with E-state index in [1.54, 1.807) is 0 Å². The van der Waals surface area contributed by atoms with Crippen LogP contribution >= 0.6 is 0 Å². The zero-order valence-electron chi connectivity index (χ0n) is 9.77. The Morgan fingerprint density at radius 2 is 2.12 bits per heavy atom. The van der Waals surface area contributed by atoms with Crippen LogP contribution in [0.3, 0.4) is 0 Å². The number of nitrogens with two attached hydrogens (primary N) is 1. The Balaban J connectivity index is 1.69. The van der Waals surface area contributed by atoms with E-state index in [0.717, 1.165) is 25.9 Å². The molecule has 1 saturated heterocycles. The Morgan fingerprint density at radius 3 is 2.81 bits per heavy atom. The predicted molar refractivity (Wildman–Crippen MR) is 66.3 cm³/mol. The molecule has 2 rings (SSSR count). The highest BCUT2D eigenvalue weighted by molar-refractivity contribution is 5.14. The second-order valence-corrected chi connectivity index (χ2v) is 4.66. The highest BCUT2D eigenvalue weighted by atomic mass is 16.5. The number of hydrogen-bond acceptors (Lipinski definition) is 2. The highest BCUT2D eigenvalue weighted by Gasteiger charge is 2.18. The maximum Gasteiger partial charge on any atom is 0.0590 e. The van der Waals surface area contributed by atoms with Crippen molar-refractivity contribution in [2.24, 2.45) is 5.73 Å². The summed E-state index contributed by atoms with van der Waals surface area (Å²) in [5.74, 6) is 0. The van der Waals surface area contributed by atoms with Crippen molar-refractivity contribution in [1.82, 2.24) is 0 Å². The molecule has 0 aliphatic carbocycles. The Morgan fingerprint density at radius 1 is 1.31 bits per heavy atom. The van der Waals surface area contributed by atoms with Crippen LogP contribution in [0.2, 0.25) is 0 Å². The van der Waals surface area contributed by atoms with Gasteiger partial charge in [0.05, 0.1) is 6.10 Å². The van der Waals surface area contributed by atoms with Crippen molar-refractivity contribution in [2.75, 3.05) is 6.61 Å². The van der Waals surface area contributed by atoms with E-state index in [-0.39, 0.29) is 6.04 Å². The second-order valence-electron chi connectivity index (χ2n) is 4.66. The summed E-state index contributed by atoms with van der Waals surface area (Å²) in [7, 11) is 0. The van der Waals surface area contributed by atoms with E-state index in [2.05, 4.69) is 30.3 Å². The Labute approximate surface area is 97.8 Å². The average molecular weight is 219 g/mol. The smallest absolute Gasteiger partial charge is 0.0590 e. The summed E-state index contributed by atoms with van der Waals surface area (Å²) in [6.45, 7) is 0.927. The van der Waals surface area contributed by atoms with Gasteiger partial charge in [0.15, 0.2) is 0 Å². The lowest BCUT2D eigenvalue weighted by Crippen LogP contribution is -2.26. The quantitative estimate of drug-likeness (QED) is 0.826. The Hall–Kier alpha value is -0.860. The van der Waals surface area contributed by atoms with Gasteiger partial charge in [0.1, 0.15) is 0 Å². The van der Waals surface area contributed by atoms with Crippen molar-refractivity contribution in [3.63, 3.8) is 0 Å². The fraction of sp³-hybridized carbons (Fsp3) is 0.571. The van der Waals surface area contributed by atoms with Gasteiger partial charge in [0.2, 0.25) is 0 Å². The zero-order chi connectivity index (χ0) is 11.2. The molecule has 0 bridgehead atoms. The first kappa shape index (κ1) is 11.6. The fourth-order valence-electron chi connectivity index (χ4n) is 2.28. The number of hydrogen-bond donors (Lipinski definition) is 1. The highest BCUT2D eigenvalue weighted by Crippen LogP contribution is 2.18. The third-order valence-corrected chi connectivity index (χ3v) is 3.24. The Kier molecular flexibility index (Phi) is 4.37. The maximum atomic E-state index is 6.12. The van der Waals surface area contributed by atoms with Crippen LogP contribution in [0.1, 0.15) is 31.2 Å². The zero-order valence-corrected chi connectivity index (χ0v) is 9.77. The van der Waals surface area contributed by atoms with Gasteiger partial charge in [-0.25, -0.2) is 0 Å². The predicted octanol–water partition coefficient (Wildman–Crippen LogP) is 2.52. The van der Waals surface area contributed by atoms with Crippen molar-refractivity contribution < 1.29 is 4.74 Å². The summed E-state index contributed by atoms with van der Waals surface area (Å²) < 4.78 is 5.60. The van der Waals surface area contributed by atoms with Gasteiger partial charge in [0, 0.05) is 12.6 Å². The number of benzene rings is 1. The van der Waals surface area contributed by atoms with Crippen molar-refractivity contribution in [2.45, 2.75) is 44.2 Å². The van der Waals surface area contributed by atoms with Gasteiger partial charge in [-0.3, -0.25) is 0 Å². The van der Waals surface area contributed by atoms with Crippen LogP contribution in [0.4, 0.5) is 0 Å². The minimum atomic E-state index is 0.281. The second kappa shape index (κ2) is 6.02. The molecule has 2 heteroatoms. The van der Waals surface area contributed by atoms with E-state index in [9.17, 15) is 0 Å². The molecule has 0 amide bonds. The van der Waals surface area contributed by atoms with E-state index in [1.807, 2.05) is 0 Å². The fourth-order valence-corrected chi connectivity index (χ4v) is 2.28. The van der Waals surface area contributed by atoms with E-state index in [1.165, 1.54) is 18.4 Å². The lowest BCUT2D eigenvalue weighted by molar-refractivity contribution is 0.0976. The van der Waals surface area contributed by atoms with Crippen molar-refractivity contribution in [3.8, 4) is 0 Å². The summed E-state index contributed by atoms with van der Waals surface area (Å²) in [4.78, 5) is 0. The van der Waals surface area contributed by atoms with Crippen LogP contribution in [-0.4, -0.2) is 18.8 Å². The molecule has 0 aromatic heterocycles. The standard InChI is InChI=1S/C14H21NO/c15-13(11-14-7-4-10-16-14)9-8-12-5-2-1-3-6-12/h1-3,5-6,13-14H,4,7-11,15H2. The van der Waals surface area contributed by atoms with Crippen LogP contribution in [-0.2, 0) is 11.2 Å². The summed E-state index contributed by atoms with van der Waals surface area (Å²) in [6, 6.07) is 10.8. The number of rotatable bonds is 5. The molecule has 0 radical (unpaired) electrons. The summed E-state index contributed by atoms with van der Waals surface area (Å²) in [5, 5.41) is 0. The van der Waals surface area contributed by atoms with E-state index >= 15 is 0 Å². The molecule has 2 unspecified atom stereocenters. The van der Waals surface area contributed by atoms with Gasteiger partial charge < -0.3 is 10.5 Å². The molecule has 2 N–H and O–H groups in total. The largest absolute Gasteiger partial charge is 0.378 e. The number of aryl methyl sites for hydroxylation is 1. The van der Waals surface area contributed by atoms with Crippen molar-refractivity contribution in [1.29, 1.82) is 0 Å². The molecule has 1 aliphatic heterocycles. The lowest BCUT2D eigenvalue weighted by atomic mass is 10.0. The van der Waals surface area contributed by atoms with Crippen LogP contribution < -0.4 is 5.73 Å². The van der Waals surface area contributed by atoms with E-state index in [4.69, 9.17) is 10.5 Å². The molecule has 16 heavy (non-hydrogen) atoms. The van der Waals surface area contributed by atoms with Gasteiger partial charge in [-0.15, -0.1) is 0 Å². The maximum absolute atomic E-state index is 6.12. The topological polar surface area (TPSA) is 35.2 Å². The molecule has 1 aromatic carbocycles. The average Bonchev–Trinajstić information content (AvgIpc) is 2.81. The normalized spacial score (nSPS) is 22.2. The molecular formula is C14H21NO. The molecule has 1 aliphatic rings. The molecule has 2 atom stereocenters. The van der Waals surface area contributed by atoms with Gasteiger partial charge >= 0.3 is 0 Å². The molecule has 1 heterocycles. The molecule has 0 saturated carbocycles. The third kappa shape index (κ3) is 3.62. The van der Waals surface area contributed by atoms with Crippen molar-refractivity contribution in [3.05, 3.63) is 35.9 Å². The van der Waals surface area contributed by atoms with Crippen LogP contribution in [0.15, 0.2) is 30.3 Å². The first-order chi connectivity index (χ1) is 7.84. The van der Waals surface area contributed by atoms with E-state index in [0.29, 0.717) is 6.10 Å². The molecule has 0 spiro atoms. The molecule has 88 valence electrons. The summed E-state index contributed by atoms with van der Waals surface area (Å²) in [5.41, 5.74) is 7.50. The minimum Gasteiger partial charge on any atom is -0.378 e. The van der Waals surface area contributed by atoms with E-state index < -0.39 is 0 Å². The third-order valence-electron chi connectivity index (χ3n) is 3.24. The lowest BCUT2D eigenvalue weighted by Gasteiger charge is -2.15.